The van der Waals surface area contributed by atoms with E-state index in [-0.39, 0.29) is 5.92 Å². The maximum absolute atomic E-state index is 11.6. The van der Waals surface area contributed by atoms with E-state index in [0.717, 1.165) is 25.8 Å². The number of fused-ring (bicyclic) bond motifs is 1. The van der Waals surface area contributed by atoms with Gasteiger partial charge in [0.25, 0.3) is 0 Å². The number of rotatable bonds is 2. The number of aliphatic carboxylic acids is 1. The Morgan fingerprint density at radius 3 is 3.11 bits per heavy atom. The molecule has 0 radical (unpaired) electrons. The van der Waals surface area contributed by atoms with Gasteiger partial charge in [0.1, 0.15) is 12.1 Å². The molecule has 0 bridgehead atoms. The van der Waals surface area contributed by atoms with Gasteiger partial charge >= 0.3 is 5.97 Å². The topological polar surface area (TPSA) is 77.2 Å². The molecular formula is C14H15N3O2. The summed E-state index contributed by atoms with van der Waals surface area (Å²) < 4.78 is 0. The van der Waals surface area contributed by atoms with E-state index in [1.165, 1.54) is 0 Å². The highest BCUT2D eigenvalue weighted by Gasteiger charge is 2.48. The van der Waals surface area contributed by atoms with Crippen LogP contribution in [0.4, 0.5) is 5.69 Å². The van der Waals surface area contributed by atoms with Crippen molar-refractivity contribution in [3.05, 3.63) is 24.0 Å². The summed E-state index contributed by atoms with van der Waals surface area (Å²) in [6.07, 6.45) is 6.35. The van der Waals surface area contributed by atoms with E-state index in [9.17, 15) is 9.90 Å². The second kappa shape index (κ2) is 4.54. The van der Waals surface area contributed by atoms with E-state index in [2.05, 4.69) is 11.1 Å². The lowest BCUT2D eigenvalue weighted by molar-refractivity contribution is -0.139. The Morgan fingerprint density at radius 2 is 2.37 bits per heavy atom. The van der Waals surface area contributed by atoms with Gasteiger partial charge in [-0.25, -0.2) is 4.79 Å². The Labute approximate surface area is 111 Å². The lowest BCUT2D eigenvalue weighted by Gasteiger charge is -2.26. The van der Waals surface area contributed by atoms with E-state index >= 15 is 0 Å². The lowest BCUT2D eigenvalue weighted by atomic mass is 9.94. The Morgan fingerprint density at radius 1 is 1.53 bits per heavy atom. The smallest absolute Gasteiger partial charge is 0.326 e. The molecule has 3 atom stereocenters. The second-order valence-corrected chi connectivity index (χ2v) is 5.29. The van der Waals surface area contributed by atoms with Crippen LogP contribution in [0.15, 0.2) is 18.5 Å². The summed E-state index contributed by atoms with van der Waals surface area (Å²) in [6, 6.07) is 3.25. The predicted molar refractivity (Wildman–Crippen MR) is 68.6 cm³/mol. The number of nitriles is 1. The fourth-order valence-corrected chi connectivity index (χ4v) is 3.58. The van der Waals surface area contributed by atoms with Gasteiger partial charge in [-0.2, -0.15) is 5.26 Å². The summed E-state index contributed by atoms with van der Waals surface area (Å²) in [7, 11) is 0. The molecule has 1 aromatic heterocycles. The molecule has 1 saturated heterocycles. The van der Waals surface area contributed by atoms with Gasteiger partial charge in [-0.1, -0.05) is 6.42 Å². The van der Waals surface area contributed by atoms with Crippen LogP contribution in [0.1, 0.15) is 24.8 Å². The molecule has 2 heterocycles. The molecule has 3 rings (SSSR count). The Bertz CT molecular complexity index is 552. The van der Waals surface area contributed by atoms with Crippen molar-refractivity contribution in [1.82, 2.24) is 4.98 Å². The minimum Gasteiger partial charge on any atom is -0.480 e. The van der Waals surface area contributed by atoms with Gasteiger partial charge in [0.2, 0.25) is 0 Å². The number of carboxylic acid groups (broad SMARTS) is 1. The fourth-order valence-electron chi connectivity index (χ4n) is 3.58. The first-order chi connectivity index (χ1) is 9.22. The number of hydrogen-bond acceptors (Lipinski definition) is 4. The van der Waals surface area contributed by atoms with Gasteiger partial charge in [0.05, 0.1) is 17.4 Å². The van der Waals surface area contributed by atoms with Crippen LogP contribution in [-0.2, 0) is 4.79 Å². The van der Waals surface area contributed by atoms with E-state index < -0.39 is 12.0 Å². The van der Waals surface area contributed by atoms with Crippen molar-refractivity contribution in [2.75, 3.05) is 11.4 Å². The standard InChI is InChI=1S/C14H15N3O2/c15-6-9-4-5-16-7-12(9)17-8-10-2-1-3-11(10)13(17)14(18)19/h4-5,7,10-11,13H,1-3,8H2,(H,18,19). The van der Waals surface area contributed by atoms with Crippen LogP contribution in [0.3, 0.4) is 0 Å². The number of pyridine rings is 1. The number of anilines is 1. The van der Waals surface area contributed by atoms with Crippen LogP contribution in [0.5, 0.6) is 0 Å². The summed E-state index contributed by atoms with van der Waals surface area (Å²) in [5, 5.41) is 18.7. The number of hydrogen-bond donors (Lipinski definition) is 1. The van der Waals surface area contributed by atoms with Crippen molar-refractivity contribution in [1.29, 1.82) is 5.26 Å². The zero-order valence-corrected chi connectivity index (χ0v) is 10.5. The minimum atomic E-state index is -0.790. The molecule has 1 aliphatic carbocycles. The third-order valence-electron chi connectivity index (χ3n) is 4.37. The highest BCUT2D eigenvalue weighted by molar-refractivity contribution is 5.80. The van der Waals surface area contributed by atoms with E-state index in [0.29, 0.717) is 17.2 Å². The maximum Gasteiger partial charge on any atom is 0.326 e. The molecule has 2 aliphatic rings. The molecule has 1 aromatic rings. The van der Waals surface area contributed by atoms with Crippen molar-refractivity contribution in [2.24, 2.45) is 11.8 Å². The van der Waals surface area contributed by atoms with Gasteiger partial charge in [0, 0.05) is 12.7 Å². The third-order valence-corrected chi connectivity index (χ3v) is 4.37. The molecule has 5 heteroatoms. The molecule has 19 heavy (non-hydrogen) atoms. The van der Waals surface area contributed by atoms with Crippen LogP contribution < -0.4 is 4.90 Å². The Balaban J connectivity index is 2.00. The Hall–Kier alpha value is -2.09. The fraction of sp³-hybridized carbons (Fsp3) is 0.500. The first-order valence-electron chi connectivity index (χ1n) is 6.56. The molecule has 5 nitrogen and oxygen atoms in total. The van der Waals surface area contributed by atoms with Gasteiger partial charge in [-0.15, -0.1) is 0 Å². The lowest BCUT2D eigenvalue weighted by Crippen LogP contribution is -2.40. The first kappa shape index (κ1) is 12.0. The summed E-state index contributed by atoms with van der Waals surface area (Å²) in [6.45, 7) is 0.724. The van der Waals surface area contributed by atoms with Crippen LogP contribution >= 0.6 is 0 Å². The molecular weight excluding hydrogens is 242 g/mol. The van der Waals surface area contributed by atoms with Crippen molar-refractivity contribution in [3.8, 4) is 6.07 Å². The summed E-state index contributed by atoms with van der Waals surface area (Å²) in [5.41, 5.74) is 1.16. The molecule has 2 fully saturated rings. The van der Waals surface area contributed by atoms with Crippen molar-refractivity contribution in [2.45, 2.75) is 25.3 Å². The molecule has 1 N–H and O–H groups in total. The number of carbonyl (C=O) groups is 1. The quantitative estimate of drug-likeness (QED) is 0.871. The largest absolute Gasteiger partial charge is 0.480 e. The van der Waals surface area contributed by atoms with Crippen LogP contribution in [-0.4, -0.2) is 28.6 Å². The van der Waals surface area contributed by atoms with Crippen LogP contribution in [0.25, 0.3) is 0 Å². The van der Waals surface area contributed by atoms with Gasteiger partial charge < -0.3 is 10.0 Å². The molecule has 0 spiro atoms. The number of aromatic nitrogens is 1. The first-order valence-corrected chi connectivity index (χ1v) is 6.56. The number of nitrogens with zero attached hydrogens (tertiary/aromatic N) is 3. The average molecular weight is 257 g/mol. The van der Waals surface area contributed by atoms with Gasteiger partial charge in [-0.05, 0) is 30.7 Å². The third kappa shape index (κ3) is 1.84. The molecule has 98 valence electrons. The van der Waals surface area contributed by atoms with Gasteiger partial charge in [-0.3, -0.25) is 4.98 Å². The highest BCUT2D eigenvalue weighted by Crippen LogP contribution is 2.44. The summed E-state index contributed by atoms with van der Waals surface area (Å²) >= 11 is 0. The summed E-state index contributed by atoms with van der Waals surface area (Å²) in [4.78, 5) is 17.5. The van der Waals surface area contributed by atoms with Crippen LogP contribution in [0, 0.1) is 23.2 Å². The molecule has 0 aromatic carbocycles. The average Bonchev–Trinajstić information content (AvgIpc) is 2.97. The van der Waals surface area contributed by atoms with E-state index in [4.69, 9.17) is 5.26 Å². The van der Waals surface area contributed by atoms with Crippen molar-refractivity contribution in [3.63, 3.8) is 0 Å². The van der Waals surface area contributed by atoms with E-state index in [1.807, 2.05) is 4.90 Å². The second-order valence-electron chi connectivity index (χ2n) is 5.29. The van der Waals surface area contributed by atoms with Crippen molar-refractivity contribution >= 4 is 11.7 Å². The summed E-state index contributed by atoms with van der Waals surface area (Å²) in [5.74, 6) is -0.140. The van der Waals surface area contributed by atoms with Crippen molar-refractivity contribution < 1.29 is 9.90 Å². The molecule has 1 aliphatic heterocycles. The normalized spacial score (nSPS) is 29.0. The SMILES string of the molecule is N#Cc1ccncc1N1CC2CCCC2C1C(=O)O. The zero-order valence-electron chi connectivity index (χ0n) is 10.5. The maximum atomic E-state index is 11.6. The number of carboxylic acids is 1. The minimum absolute atomic E-state index is 0.212. The monoisotopic (exact) mass is 257 g/mol. The van der Waals surface area contributed by atoms with Crippen LogP contribution in [0.2, 0.25) is 0 Å². The molecule has 1 saturated carbocycles. The zero-order chi connectivity index (χ0) is 13.4. The highest BCUT2D eigenvalue weighted by atomic mass is 16.4. The van der Waals surface area contributed by atoms with E-state index in [1.54, 1.807) is 18.5 Å². The Kier molecular flexibility index (Phi) is 2.86. The van der Waals surface area contributed by atoms with Gasteiger partial charge in [0.15, 0.2) is 0 Å². The molecule has 3 unspecified atom stereocenters. The molecule has 0 amide bonds. The predicted octanol–water partition coefficient (Wildman–Crippen LogP) is 1.64.